The summed E-state index contributed by atoms with van der Waals surface area (Å²) < 4.78 is 0. The number of hydrogen-bond acceptors (Lipinski definition) is 3. The summed E-state index contributed by atoms with van der Waals surface area (Å²) in [5, 5.41) is 10.3. The molecule has 0 unspecified atom stereocenters. The first-order valence-corrected chi connectivity index (χ1v) is 12.6. The highest BCUT2D eigenvalue weighted by atomic mass is 16.5. The van der Waals surface area contributed by atoms with Crippen molar-refractivity contribution in [2.75, 3.05) is 0 Å². The van der Waals surface area contributed by atoms with E-state index in [9.17, 15) is 14.8 Å². The van der Waals surface area contributed by atoms with Gasteiger partial charge in [-0.25, -0.2) is 0 Å². The number of hydroxylamine groups is 2. The molecule has 0 radical (unpaired) electrons. The van der Waals surface area contributed by atoms with E-state index in [4.69, 9.17) is 0 Å². The average Bonchev–Trinajstić information content (AvgIpc) is 3.03. The lowest BCUT2D eigenvalue weighted by Gasteiger charge is -2.60. The minimum Gasteiger partial charge on any atom is -0.279 e. The van der Waals surface area contributed by atoms with Crippen molar-refractivity contribution in [1.82, 2.24) is 5.06 Å². The van der Waals surface area contributed by atoms with Gasteiger partial charge in [0.1, 0.15) is 0 Å². The highest BCUT2D eigenvalue weighted by Gasteiger charge is 2.63. The molecule has 4 rings (SSSR count). The Labute approximate surface area is 183 Å². The van der Waals surface area contributed by atoms with E-state index in [2.05, 4.69) is 34.6 Å². The minimum atomic E-state index is -0.393. The van der Waals surface area contributed by atoms with Gasteiger partial charge in [-0.1, -0.05) is 53.9 Å². The number of nitrogens with zero attached hydrogens (tertiary/aromatic N) is 1. The number of fused-ring (bicyclic) bond motifs is 5. The molecular weight excluding hydrogens is 374 g/mol. The normalized spacial score (nSPS) is 44.6. The van der Waals surface area contributed by atoms with E-state index in [0.29, 0.717) is 28.7 Å². The molecule has 2 amide bonds. The van der Waals surface area contributed by atoms with Crippen molar-refractivity contribution in [2.45, 2.75) is 98.8 Å². The third-order valence-electron chi connectivity index (χ3n) is 10.3. The topological polar surface area (TPSA) is 57.6 Å². The number of imide groups is 1. The van der Waals surface area contributed by atoms with Gasteiger partial charge in [0.2, 0.25) is 0 Å². The van der Waals surface area contributed by atoms with Gasteiger partial charge in [-0.15, -0.1) is 0 Å². The predicted molar refractivity (Wildman–Crippen MR) is 117 cm³/mol. The van der Waals surface area contributed by atoms with Crippen LogP contribution in [0.25, 0.3) is 0 Å². The molecule has 4 fully saturated rings. The summed E-state index contributed by atoms with van der Waals surface area (Å²) in [4.78, 5) is 25.1. The SMILES string of the molecule is CC(C)CCC[C@@H](C)[C@H]1CC[C@H]2[C@@H]3CC[C@H]4C(=O)N(O)C(=O)C[C@]4(C)[C@H]3CC[C@]12C. The highest BCUT2D eigenvalue weighted by molar-refractivity contribution is 5.98. The zero-order valence-electron chi connectivity index (χ0n) is 19.8. The molecule has 170 valence electrons. The van der Waals surface area contributed by atoms with Crippen molar-refractivity contribution in [2.24, 2.45) is 52.3 Å². The Kier molecular flexibility index (Phi) is 5.87. The van der Waals surface area contributed by atoms with Crippen LogP contribution in [0.1, 0.15) is 98.8 Å². The molecule has 30 heavy (non-hydrogen) atoms. The summed E-state index contributed by atoms with van der Waals surface area (Å²) in [7, 11) is 0. The van der Waals surface area contributed by atoms with Crippen LogP contribution in [0.2, 0.25) is 0 Å². The largest absolute Gasteiger partial charge is 0.279 e. The second kappa shape index (κ2) is 7.90. The first-order chi connectivity index (χ1) is 14.1. The molecule has 3 aliphatic carbocycles. The molecule has 1 aliphatic heterocycles. The van der Waals surface area contributed by atoms with Crippen molar-refractivity contribution in [3.05, 3.63) is 0 Å². The lowest BCUT2D eigenvalue weighted by Crippen LogP contribution is -2.60. The summed E-state index contributed by atoms with van der Waals surface area (Å²) in [5.74, 6) is 3.33. The Bertz CT molecular complexity index is 690. The zero-order chi connectivity index (χ0) is 21.8. The molecule has 1 heterocycles. The summed E-state index contributed by atoms with van der Waals surface area (Å²) in [6, 6.07) is 0. The monoisotopic (exact) mass is 417 g/mol. The van der Waals surface area contributed by atoms with Gasteiger partial charge in [-0.2, -0.15) is 5.06 Å². The van der Waals surface area contributed by atoms with Gasteiger partial charge < -0.3 is 0 Å². The lowest BCUT2D eigenvalue weighted by molar-refractivity contribution is -0.207. The maximum absolute atomic E-state index is 12.7. The van der Waals surface area contributed by atoms with Crippen molar-refractivity contribution in [1.29, 1.82) is 0 Å². The third kappa shape index (κ3) is 3.36. The van der Waals surface area contributed by atoms with Crippen molar-refractivity contribution < 1.29 is 14.8 Å². The van der Waals surface area contributed by atoms with E-state index in [-0.39, 0.29) is 17.2 Å². The Balaban J connectivity index is 1.51. The Morgan fingerprint density at radius 2 is 1.67 bits per heavy atom. The van der Waals surface area contributed by atoms with Gasteiger partial charge >= 0.3 is 0 Å². The fourth-order valence-corrected chi connectivity index (χ4v) is 8.81. The van der Waals surface area contributed by atoms with Crippen LogP contribution in [-0.4, -0.2) is 22.1 Å². The predicted octanol–water partition coefficient (Wildman–Crippen LogP) is 6.07. The molecule has 0 aromatic carbocycles. The number of rotatable bonds is 5. The highest BCUT2D eigenvalue weighted by Crippen LogP contribution is 2.67. The van der Waals surface area contributed by atoms with Gasteiger partial charge in [0.05, 0.1) is 0 Å². The summed E-state index contributed by atoms with van der Waals surface area (Å²) in [6.07, 6.45) is 11.4. The van der Waals surface area contributed by atoms with Crippen LogP contribution < -0.4 is 0 Å². The molecule has 0 spiro atoms. The van der Waals surface area contributed by atoms with Crippen molar-refractivity contribution >= 4 is 11.8 Å². The van der Waals surface area contributed by atoms with Gasteiger partial charge in [-0.3, -0.25) is 14.8 Å². The molecular formula is C26H43NO3. The van der Waals surface area contributed by atoms with Crippen LogP contribution in [0.15, 0.2) is 0 Å². The molecule has 4 nitrogen and oxygen atoms in total. The zero-order valence-corrected chi connectivity index (χ0v) is 19.8. The van der Waals surface area contributed by atoms with Gasteiger partial charge in [0, 0.05) is 12.3 Å². The summed E-state index contributed by atoms with van der Waals surface area (Å²) in [6.45, 7) is 11.9. The van der Waals surface area contributed by atoms with Gasteiger partial charge in [-0.05, 0) is 84.9 Å². The van der Waals surface area contributed by atoms with E-state index in [1.165, 1.54) is 38.5 Å². The molecule has 4 heteroatoms. The van der Waals surface area contributed by atoms with Crippen LogP contribution >= 0.6 is 0 Å². The number of carbonyl (C=O) groups excluding carboxylic acids is 2. The molecule has 0 aromatic rings. The maximum atomic E-state index is 12.7. The molecule has 0 aromatic heterocycles. The average molecular weight is 418 g/mol. The van der Waals surface area contributed by atoms with Crippen LogP contribution in [0.4, 0.5) is 0 Å². The summed E-state index contributed by atoms with van der Waals surface area (Å²) in [5.41, 5.74) is 0.159. The molecule has 1 N–H and O–H groups in total. The molecule has 1 saturated heterocycles. The summed E-state index contributed by atoms with van der Waals surface area (Å²) >= 11 is 0. The fourth-order valence-electron chi connectivity index (χ4n) is 8.81. The van der Waals surface area contributed by atoms with E-state index in [1.807, 2.05) is 0 Å². The standard InChI is InChI=1S/C26H43NO3/c1-16(2)7-6-8-17(3)19-11-12-20-18-9-10-22-24(29)27(30)23(28)15-26(22,5)21(18)13-14-25(19,20)4/h16-22,30H,6-15H2,1-5H3/t17-,18+,19-,20+,21+,22+,25-,26-/m1/s1. The Hall–Kier alpha value is -0.900. The smallest absolute Gasteiger partial charge is 0.256 e. The van der Waals surface area contributed by atoms with Crippen LogP contribution in [-0.2, 0) is 9.59 Å². The molecule has 8 atom stereocenters. The van der Waals surface area contributed by atoms with E-state index in [1.54, 1.807) is 0 Å². The molecule has 4 aliphatic rings. The number of piperidine rings is 1. The van der Waals surface area contributed by atoms with Crippen LogP contribution in [0, 0.1) is 52.3 Å². The third-order valence-corrected chi connectivity index (χ3v) is 10.3. The maximum Gasteiger partial charge on any atom is 0.256 e. The van der Waals surface area contributed by atoms with Crippen LogP contribution in [0.3, 0.4) is 0 Å². The first kappa shape index (κ1) is 22.3. The van der Waals surface area contributed by atoms with Gasteiger partial charge in [0.15, 0.2) is 0 Å². The van der Waals surface area contributed by atoms with Crippen LogP contribution in [0.5, 0.6) is 0 Å². The van der Waals surface area contributed by atoms with Gasteiger partial charge in [0.25, 0.3) is 11.8 Å². The number of carbonyl (C=O) groups is 2. The fraction of sp³-hybridized carbons (Fsp3) is 0.923. The lowest BCUT2D eigenvalue weighted by atomic mass is 9.45. The molecule has 3 saturated carbocycles. The molecule has 0 bridgehead atoms. The van der Waals surface area contributed by atoms with E-state index < -0.39 is 5.91 Å². The van der Waals surface area contributed by atoms with Crippen molar-refractivity contribution in [3.63, 3.8) is 0 Å². The number of amides is 2. The number of hydrogen-bond donors (Lipinski definition) is 1. The van der Waals surface area contributed by atoms with Crippen molar-refractivity contribution in [3.8, 4) is 0 Å². The van der Waals surface area contributed by atoms with E-state index in [0.717, 1.165) is 42.9 Å². The Morgan fingerprint density at radius 3 is 2.37 bits per heavy atom. The Morgan fingerprint density at radius 1 is 0.967 bits per heavy atom. The second-order valence-corrected chi connectivity index (χ2v) is 12.3. The van der Waals surface area contributed by atoms with E-state index >= 15 is 0 Å². The second-order valence-electron chi connectivity index (χ2n) is 12.3. The minimum absolute atomic E-state index is 0.182. The quantitative estimate of drug-likeness (QED) is 0.436. The first-order valence-electron chi connectivity index (χ1n) is 12.6.